The average molecular weight is 364 g/mol. The van der Waals surface area contributed by atoms with Crippen LogP contribution in [0.1, 0.15) is 5.56 Å². The lowest BCUT2D eigenvalue weighted by atomic mass is 10.2. The van der Waals surface area contributed by atoms with Crippen molar-refractivity contribution in [2.24, 2.45) is 0 Å². The maximum Gasteiger partial charge on any atom is 0.339 e. The summed E-state index contributed by atoms with van der Waals surface area (Å²) in [4.78, 5) is -0.0244. The summed E-state index contributed by atoms with van der Waals surface area (Å²) in [5.41, 5.74) is 0.292. The van der Waals surface area contributed by atoms with Crippen molar-refractivity contribution < 1.29 is 12.6 Å². The second kappa shape index (κ2) is 7.85. The lowest BCUT2D eigenvalue weighted by Crippen LogP contribution is -2.11. The van der Waals surface area contributed by atoms with Gasteiger partial charge in [0.2, 0.25) is 0 Å². The van der Waals surface area contributed by atoms with Crippen LogP contribution < -0.4 is 9.50 Å². The van der Waals surface area contributed by atoms with Crippen molar-refractivity contribution in [3.05, 3.63) is 65.4 Å². The Bertz CT molecular complexity index is 1070. The Kier molecular flexibility index (Phi) is 5.60. The molecule has 0 unspecified atom stereocenters. The molecule has 7 nitrogen and oxygen atoms in total. The summed E-state index contributed by atoms with van der Waals surface area (Å²) < 4.78 is 30.0. The number of nitriles is 3. The van der Waals surface area contributed by atoms with E-state index >= 15 is 0 Å². The van der Waals surface area contributed by atoms with E-state index in [1.165, 1.54) is 24.3 Å². The van der Waals surface area contributed by atoms with Crippen molar-refractivity contribution in [1.29, 1.82) is 15.8 Å². The monoisotopic (exact) mass is 364 g/mol. The first kappa shape index (κ1) is 18.5. The largest absolute Gasteiger partial charge is 0.377 e. The molecule has 2 aromatic rings. The van der Waals surface area contributed by atoms with Crippen LogP contribution in [0.4, 0.5) is 5.69 Å². The Labute approximate surface area is 151 Å². The van der Waals surface area contributed by atoms with Crippen LogP contribution >= 0.6 is 0 Å². The standard InChI is InChI=1S/C18H12N4O3S/c1-13-6-8-15(9-7-13)26(23,24)25-18-5-3-2-4-16(18)22-17(12-21)14(10-19)11-20/h2-9,22H,1H3. The van der Waals surface area contributed by atoms with E-state index in [0.717, 1.165) is 5.56 Å². The Morgan fingerprint density at radius 3 is 2.15 bits per heavy atom. The number of aryl methyl sites for hydroxylation is 1. The molecule has 0 fully saturated rings. The van der Waals surface area contributed by atoms with Crippen molar-refractivity contribution in [2.45, 2.75) is 11.8 Å². The molecule has 0 saturated carbocycles. The highest BCUT2D eigenvalue weighted by Crippen LogP contribution is 2.28. The maximum atomic E-state index is 12.4. The van der Waals surface area contributed by atoms with Crippen molar-refractivity contribution in [3.63, 3.8) is 0 Å². The van der Waals surface area contributed by atoms with Gasteiger partial charge in [-0.3, -0.25) is 0 Å². The van der Waals surface area contributed by atoms with E-state index in [-0.39, 0.29) is 22.0 Å². The number of hydrogen-bond acceptors (Lipinski definition) is 7. The molecule has 8 heteroatoms. The summed E-state index contributed by atoms with van der Waals surface area (Å²) in [6.07, 6.45) is 0. The molecule has 0 saturated heterocycles. The predicted molar refractivity (Wildman–Crippen MR) is 92.9 cm³/mol. The Morgan fingerprint density at radius 2 is 1.58 bits per heavy atom. The van der Waals surface area contributed by atoms with Gasteiger partial charge < -0.3 is 9.50 Å². The van der Waals surface area contributed by atoms with Gasteiger partial charge in [0.15, 0.2) is 11.3 Å². The van der Waals surface area contributed by atoms with Crippen molar-refractivity contribution in [3.8, 4) is 24.0 Å². The van der Waals surface area contributed by atoms with Crippen molar-refractivity contribution in [2.75, 3.05) is 5.32 Å². The van der Waals surface area contributed by atoms with Gasteiger partial charge in [-0.15, -0.1) is 0 Å². The first-order chi connectivity index (χ1) is 12.4. The Hall–Kier alpha value is -3.80. The van der Waals surface area contributed by atoms with Gasteiger partial charge in [-0.1, -0.05) is 29.8 Å². The van der Waals surface area contributed by atoms with Gasteiger partial charge in [-0.2, -0.15) is 24.2 Å². The number of nitrogens with one attached hydrogen (secondary N) is 1. The van der Waals surface area contributed by atoms with E-state index in [1.807, 2.05) is 6.92 Å². The number of hydrogen-bond donors (Lipinski definition) is 1. The second-order valence-electron chi connectivity index (χ2n) is 5.06. The molecule has 0 aliphatic carbocycles. The summed E-state index contributed by atoms with van der Waals surface area (Å²) >= 11 is 0. The van der Waals surface area contributed by atoms with E-state index in [2.05, 4.69) is 5.32 Å². The van der Waals surface area contributed by atoms with Gasteiger partial charge >= 0.3 is 10.1 Å². The number of allylic oxidation sites excluding steroid dienone is 2. The molecular weight excluding hydrogens is 352 g/mol. The third kappa shape index (κ3) is 4.18. The molecular formula is C18H12N4O3S. The fourth-order valence-corrected chi connectivity index (χ4v) is 2.88. The highest BCUT2D eigenvalue weighted by molar-refractivity contribution is 7.87. The minimum atomic E-state index is -4.10. The average Bonchev–Trinajstić information content (AvgIpc) is 2.63. The van der Waals surface area contributed by atoms with Gasteiger partial charge in [0.1, 0.15) is 28.8 Å². The lowest BCUT2D eigenvalue weighted by Gasteiger charge is -2.12. The molecule has 0 radical (unpaired) electrons. The van der Waals surface area contributed by atoms with E-state index in [0.29, 0.717) is 0 Å². The molecule has 2 rings (SSSR count). The van der Waals surface area contributed by atoms with Gasteiger partial charge in [0.25, 0.3) is 0 Å². The smallest absolute Gasteiger partial charge is 0.339 e. The topological polar surface area (TPSA) is 127 Å². The van der Waals surface area contributed by atoms with Gasteiger partial charge in [-0.05, 0) is 31.2 Å². The third-order valence-electron chi connectivity index (χ3n) is 3.24. The van der Waals surface area contributed by atoms with E-state index in [4.69, 9.17) is 20.0 Å². The van der Waals surface area contributed by atoms with Crippen LogP contribution in [-0.4, -0.2) is 8.42 Å². The second-order valence-corrected chi connectivity index (χ2v) is 6.60. The predicted octanol–water partition coefficient (Wildman–Crippen LogP) is 3.00. The molecule has 2 aromatic carbocycles. The van der Waals surface area contributed by atoms with Gasteiger partial charge in [0, 0.05) is 0 Å². The van der Waals surface area contributed by atoms with Gasteiger partial charge in [-0.25, -0.2) is 0 Å². The van der Waals surface area contributed by atoms with Crippen molar-refractivity contribution >= 4 is 15.8 Å². The SMILES string of the molecule is Cc1ccc(S(=O)(=O)Oc2ccccc2NC(C#N)=C(C#N)C#N)cc1. The first-order valence-corrected chi connectivity index (χ1v) is 8.64. The zero-order valence-electron chi connectivity index (χ0n) is 13.6. The number of para-hydroxylation sites is 2. The van der Waals surface area contributed by atoms with Crippen LogP contribution in [0.3, 0.4) is 0 Å². The molecule has 0 atom stereocenters. The van der Waals surface area contributed by atoms with Gasteiger partial charge in [0.05, 0.1) is 5.69 Å². The zero-order chi connectivity index (χ0) is 19.2. The first-order valence-electron chi connectivity index (χ1n) is 7.23. The Morgan fingerprint density at radius 1 is 0.962 bits per heavy atom. The molecule has 128 valence electrons. The number of anilines is 1. The molecule has 0 heterocycles. The minimum absolute atomic E-state index is 0.0244. The number of rotatable bonds is 5. The fraction of sp³-hybridized carbons (Fsp3) is 0.0556. The summed E-state index contributed by atoms with van der Waals surface area (Å²) in [6, 6.07) is 17.0. The summed E-state index contributed by atoms with van der Waals surface area (Å²) in [5.74, 6) is -0.0731. The van der Waals surface area contributed by atoms with Crippen molar-refractivity contribution in [1.82, 2.24) is 0 Å². The highest BCUT2D eigenvalue weighted by Gasteiger charge is 2.19. The van der Waals surface area contributed by atoms with E-state index in [9.17, 15) is 8.42 Å². The molecule has 26 heavy (non-hydrogen) atoms. The normalized spacial score (nSPS) is 9.92. The molecule has 0 aromatic heterocycles. The molecule has 0 bridgehead atoms. The van der Waals surface area contributed by atoms with Crippen LogP contribution in [0.15, 0.2) is 64.7 Å². The molecule has 1 N–H and O–H groups in total. The molecule has 0 amide bonds. The number of benzene rings is 2. The Balaban J connectivity index is 2.40. The molecule has 0 spiro atoms. The number of nitrogens with zero attached hydrogens (tertiary/aromatic N) is 3. The van der Waals surface area contributed by atoms with Crippen LogP contribution in [0.5, 0.6) is 5.75 Å². The zero-order valence-corrected chi connectivity index (χ0v) is 14.4. The van der Waals surface area contributed by atoms with E-state index in [1.54, 1.807) is 42.5 Å². The molecule has 0 aliphatic heterocycles. The maximum absolute atomic E-state index is 12.4. The molecule has 0 aliphatic rings. The van der Waals surface area contributed by atoms with Crippen LogP contribution in [0, 0.1) is 40.9 Å². The quantitative estimate of drug-likeness (QED) is 0.638. The third-order valence-corrected chi connectivity index (χ3v) is 4.49. The van der Waals surface area contributed by atoms with Crippen LogP contribution in [0.2, 0.25) is 0 Å². The van der Waals surface area contributed by atoms with Crippen LogP contribution in [-0.2, 0) is 10.1 Å². The summed E-state index contributed by atoms with van der Waals surface area (Å²) in [5, 5.41) is 29.4. The van der Waals surface area contributed by atoms with Crippen LogP contribution in [0.25, 0.3) is 0 Å². The summed E-state index contributed by atoms with van der Waals surface area (Å²) in [6.45, 7) is 1.83. The lowest BCUT2D eigenvalue weighted by molar-refractivity contribution is 0.487. The minimum Gasteiger partial charge on any atom is -0.377 e. The fourth-order valence-electron chi connectivity index (χ4n) is 1.93. The highest BCUT2D eigenvalue weighted by atomic mass is 32.2. The van der Waals surface area contributed by atoms with E-state index < -0.39 is 15.7 Å². The summed E-state index contributed by atoms with van der Waals surface area (Å²) in [7, 11) is -4.10.